The molecule has 0 saturated carbocycles. The number of halogens is 2. The van der Waals surface area contributed by atoms with Crippen molar-refractivity contribution in [3.8, 4) is 0 Å². The molecule has 1 aromatic rings. The third-order valence-electron chi connectivity index (χ3n) is 3.13. The lowest BCUT2D eigenvalue weighted by Gasteiger charge is -2.26. The van der Waals surface area contributed by atoms with Gasteiger partial charge in [-0.1, -0.05) is 28.9 Å². The minimum absolute atomic E-state index is 0.210. The van der Waals surface area contributed by atoms with E-state index in [0.29, 0.717) is 12.2 Å². The number of hydrogen-bond acceptors (Lipinski definition) is 2. The molecule has 1 heterocycles. The molecule has 1 aromatic carbocycles. The van der Waals surface area contributed by atoms with E-state index in [4.69, 9.17) is 4.74 Å². The highest BCUT2D eigenvalue weighted by Gasteiger charge is 2.24. The zero-order chi connectivity index (χ0) is 13.7. The summed E-state index contributed by atoms with van der Waals surface area (Å²) in [5.74, 6) is 0.628. The first-order valence-corrected chi connectivity index (χ1v) is 7.53. The van der Waals surface area contributed by atoms with E-state index >= 15 is 0 Å². The van der Waals surface area contributed by atoms with Crippen LogP contribution in [0.15, 0.2) is 34.5 Å². The summed E-state index contributed by atoms with van der Waals surface area (Å²) in [5, 5.41) is 3.37. The summed E-state index contributed by atoms with van der Waals surface area (Å²) < 4.78 is 20.6. The summed E-state index contributed by atoms with van der Waals surface area (Å²) in [7, 11) is 0. The van der Waals surface area contributed by atoms with Crippen LogP contribution in [0.3, 0.4) is 0 Å². The molecule has 0 spiro atoms. The van der Waals surface area contributed by atoms with Crippen LogP contribution < -0.4 is 5.32 Å². The highest BCUT2D eigenvalue weighted by molar-refractivity contribution is 9.10. The van der Waals surface area contributed by atoms with E-state index < -0.39 is 0 Å². The van der Waals surface area contributed by atoms with E-state index in [1.54, 1.807) is 6.07 Å². The topological polar surface area (TPSA) is 21.3 Å². The van der Waals surface area contributed by atoms with Gasteiger partial charge in [0.25, 0.3) is 0 Å². The smallest absolute Gasteiger partial charge is 0.129 e. The number of benzene rings is 1. The number of rotatable bonds is 5. The fraction of sp³-hybridized carbons (Fsp3) is 0.467. The van der Waals surface area contributed by atoms with Crippen molar-refractivity contribution in [1.29, 1.82) is 0 Å². The van der Waals surface area contributed by atoms with Gasteiger partial charge in [0.2, 0.25) is 0 Å². The van der Waals surface area contributed by atoms with Gasteiger partial charge in [0.1, 0.15) is 11.6 Å². The van der Waals surface area contributed by atoms with Gasteiger partial charge in [-0.2, -0.15) is 0 Å². The van der Waals surface area contributed by atoms with Crippen LogP contribution in [-0.4, -0.2) is 13.2 Å². The van der Waals surface area contributed by atoms with E-state index in [1.807, 2.05) is 6.07 Å². The van der Waals surface area contributed by atoms with Crippen LogP contribution in [0, 0.1) is 5.82 Å². The average Bonchev–Trinajstić information content (AvgIpc) is 2.43. The Morgan fingerprint density at radius 1 is 1.47 bits per heavy atom. The zero-order valence-corrected chi connectivity index (χ0v) is 12.7. The van der Waals surface area contributed by atoms with Crippen molar-refractivity contribution in [1.82, 2.24) is 5.32 Å². The van der Waals surface area contributed by atoms with Crippen LogP contribution in [0.5, 0.6) is 0 Å². The first kappa shape index (κ1) is 14.5. The first-order chi connectivity index (χ1) is 9.24. The molecular weight excluding hydrogens is 309 g/mol. The average molecular weight is 328 g/mol. The maximum Gasteiger partial charge on any atom is 0.129 e. The number of ether oxygens (including phenoxy) is 1. The molecule has 0 bridgehead atoms. The molecule has 1 aliphatic heterocycles. The molecule has 1 unspecified atom stereocenters. The van der Waals surface area contributed by atoms with E-state index in [1.165, 1.54) is 6.07 Å². The Hall–Kier alpha value is -0.870. The predicted octanol–water partition coefficient (Wildman–Crippen LogP) is 4.32. The van der Waals surface area contributed by atoms with E-state index in [2.05, 4.69) is 34.2 Å². The highest BCUT2D eigenvalue weighted by Crippen LogP contribution is 2.33. The van der Waals surface area contributed by atoms with Crippen LogP contribution in [0.25, 0.3) is 0 Å². The minimum atomic E-state index is -0.212. The lowest BCUT2D eigenvalue weighted by molar-refractivity contribution is 0.166. The Kier molecular flexibility index (Phi) is 5.40. The second-order valence-electron chi connectivity index (χ2n) is 4.62. The zero-order valence-electron chi connectivity index (χ0n) is 11.1. The lowest BCUT2D eigenvalue weighted by atomic mass is 10.0. The monoisotopic (exact) mass is 327 g/mol. The van der Waals surface area contributed by atoms with Crippen LogP contribution in [0.1, 0.15) is 37.8 Å². The Morgan fingerprint density at radius 3 is 2.95 bits per heavy atom. The van der Waals surface area contributed by atoms with Crippen molar-refractivity contribution >= 4 is 15.9 Å². The van der Waals surface area contributed by atoms with E-state index in [0.717, 1.165) is 36.0 Å². The van der Waals surface area contributed by atoms with E-state index in [-0.39, 0.29) is 11.9 Å². The summed E-state index contributed by atoms with van der Waals surface area (Å²) >= 11 is 3.44. The third kappa shape index (κ3) is 3.57. The molecule has 1 N–H and O–H groups in total. The Labute approximate surface area is 122 Å². The van der Waals surface area contributed by atoms with Gasteiger partial charge in [0.05, 0.1) is 12.6 Å². The van der Waals surface area contributed by atoms with Crippen LogP contribution in [0.2, 0.25) is 0 Å². The molecule has 1 atom stereocenters. The molecule has 1 aliphatic rings. The molecular formula is C15H19BrFNO. The van der Waals surface area contributed by atoms with Gasteiger partial charge >= 0.3 is 0 Å². The van der Waals surface area contributed by atoms with Gasteiger partial charge in [-0.05, 0) is 44.0 Å². The van der Waals surface area contributed by atoms with Gasteiger partial charge in [0.15, 0.2) is 0 Å². The second kappa shape index (κ2) is 7.06. The molecule has 0 radical (unpaired) electrons. The van der Waals surface area contributed by atoms with Crippen molar-refractivity contribution in [2.45, 2.75) is 32.2 Å². The van der Waals surface area contributed by atoms with Crippen molar-refractivity contribution in [3.63, 3.8) is 0 Å². The summed E-state index contributed by atoms with van der Waals surface area (Å²) in [6.45, 7) is 3.63. The van der Waals surface area contributed by atoms with Crippen molar-refractivity contribution in [2.75, 3.05) is 13.2 Å². The van der Waals surface area contributed by atoms with Crippen molar-refractivity contribution in [2.24, 2.45) is 0 Å². The predicted molar refractivity (Wildman–Crippen MR) is 78.4 cm³/mol. The molecule has 0 amide bonds. The Balaban J connectivity index is 2.33. The summed E-state index contributed by atoms with van der Waals surface area (Å²) in [6, 6.07) is 4.85. The molecule has 2 rings (SSSR count). The fourth-order valence-electron chi connectivity index (χ4n) is 2.20. The molecule has 4 heteroatoms. The maximum absolute atomic E-state index is 14.1. The minimum Gasteiger partial charge on any atom is -0.496 e. The van der Waals surface area contributed by atoms with Gasteiger partial charge in [-0.25, -0.2) is 4.39 Å². The Bertz CT molecular complexity index is 441. The molecule has 19 heavy (non-hydrogen) atoms. The summed E-state index contributed by atoms with van der Waals surface area (Å²) in [6.07, 6.45) is 5.08. The molecule has 2 nitrogen and oxygen atoms in total. The number of allylic oxidation sites excluding steroid dienone is 1. The first-order valence-electron chi connectivity index (χ1n) is 6.74. The van der Waals surface area contributed by atoms with Crippen LogP contribution >= 0.6 is 15.9 Å². The molecule has 0 aliphatic carbocycles. The molecule has 0 aromatic heterocycles. The SMILES string of the molecule is CCCNC(C1=CCCCO1)c1c(F)cccc1Br. The van der Waals surface area contributed by atoms with E-state index in [9.17, 15) is 4.39 Å². The van der Waals surface area contributed by atoms with Crippen molar-refractivity contribution < 1.29 is 9.13 Å². The molecule has 0 fully saturated rings. The van der Waals surface area contributed by atoms with Crippen molar-refractivity contribution in [3.05, 3.63) is 45.9 Å². The summed E-state index contributed by atoms with van der Waals surface area (Å²) in [4.78, 5) is 0. The number of hydrogen-bond donors (Lipinski definition) is 1. The maximum atomic E-state index is 14.1. The third-order valence-corrected chi connectivity index (χ3v) is 3.83. The van der Waals surface area contributed by atoms with Crippen LogP contribution in [-0.2, 0) is 4.74 Å². The quantitative estimate of drug-likeness (QED) is 0.869. The number of nitrogens with one attached hydrogen (secondary N) is 1. The summed E-state index contributed by atoms with van der Waals surface area (Å²) in [5.41, 5.74) is 0.629. The highest BCUT2D eigenvalue weighted by atomic mass is 79.9. The van der Waals surface area contributed by atoms with Gasteiger partial charge in [-0.3, -0.25) is 0 Å². The second-order valence-corrected chi connectivity index (χ2v) is 5.47. The standard InChI is InChI=1S/C15H19BrFNO/c1-2-9-18-15(13-8-3-4-10-19-13)14-11(16)6-5-7-12(14)17/h5-8,15,18H,2-4,9-10H2,1H3. The van der Waals surface area contributed by atoms with Gasteiger partial charge in [-0.15, -0.1) is 0 Å². The lowest BCUT2D eigenvalue weighted by Crippen LogP contribution is -2.27. The molecule has 0 saturated heterocycles. The fourth-order valence-corrected chi connectivity index (χ4v) is 2.77. The van der Waals surface area contributed by atoms with Gasteiger partial charge < -0.3 is 10.1 Å². The van der Waals surface area contributed by atoms with Gasteiger partial charge in [0, 0.05) is 10.0 Å². The largest absolute Gasteiger partial charge is 0.496 e. The Morgan fingerprint density at radius 2 is 2.32 bits per heavy atom. The van der Waals surface area contributed by atoms with Crippen LogP contribution in [0.4, 0.5) is 4.39 Å². The molecule has 104 valence electrons. The normalized spacial score (nSPS) is 16.7.